The number of rotatable bonds is 3. The van der Waals surface area contributed by atoms with E-state index in [1.54, 1.807) is 0 Å². The molecule has 0 aromatic heterocycles. The molecule has 0 spiro atoms. The average molecular weight is 197 g/mol. The van der Waals surface area contributed by atoms with Crippen molar-refractivity contribution in [1.29, 1.82) is 0 Å². The molecule has 1 heterocycles. The van der Waals surface area contributed by atoms with Crippen molar-refractivity contribution >= 4 is 0 Å². The van der Waals surface area contributed by atoms with E-state index >= 15 is 0 Å². The summed E-state index contributed by atoms with van der Waals surface area (Å²) in [6.45, 7) is 0.987. The molecule has 2 N–H and O–H groups in total. The van der Waals surface area contributed by atoms with Gasteiger partial charge in [-0.15, -0.1) is 0 Å². The molecule has 2 aliphatic rings. The van der Waals surface area contributed by atoms with Crippen molar-refractivity contribution in [2.45, 2.75) is 63.5 Å². The van der Waals surface area contributed by atoms with Crippen molar-refractivity contribution in [1.82, 2.24) is 0 Å². The van der Waals surface area contributed by atoms with E-state index < -0.39 is 0 Å². The zero-order valence-corrected chi connectivity index (χ0v) is 9.08. The molecule has 2 rings (SSSR count). The Morgan fingerprint density at radius 2 is 1.86 bits per heavy atom. The maximum atomic E-state index is 6.12. The van der Waals surface area contributed by atoms with E-state index in [-0.39, 0.29) is 0 Å². The number of nitrogens with two attached hydrogens (primary N) is 1. The van der Waals surface area contributed by atoms with Crippen LogP contribution in [-0.4, -0.2) is 18.8 Å². The summed E-state index contributed by atoms with van der Waals surface area (Å²) in [5.41, 5.74) is 6.12. The molecule has 0 aromatic rings. The molecule has 1 aliphatic carbocycles. The smallest absolute Gasteiger partial charge is 0.0576 e. The van der Waals surface area contributed by atoms with Crippen molar-refractivity contribution in [2.24, 2.45) is 11.7 Å². The lowest BCUT2D eigenvalue weighted by atomic mass is 9.81. The molecule has 0 aromatic carbocycles. The summed E-state index contributed by atoms with van der Waals surface area (Å²) < 4.78 is 5.64. The van der Waals surface area contributed by atoms with Crippen LogP contribution in [0.2, 0.25) is 0 Å². The average Bonchev–Trinajstić information content (AvgIpc) is 2.69. The molecule has 1 saturated heterocycles. The highest BCUT2D eigenvalue weighted by molar-refractivity contribution is 4.79. The van der Waals surface area contributed by atoms with Crippen LogP contribution < -0.4 is 5.73 Å². The van der Waals surface area contributed by atoms with Gasteiger partial charge < -0.3 is 10.5 Å². The van der Waals surface area contributed by atoms with Gasteiger partial charge in [-0.2, -0.15) is 0 Å². The maximum Gasteiger partial charge on any atom is 0.0576 e. The van der Waals surface area contributed by atoms with Gasteiger partial charge in [0.2, 0.25) is 0 Å². The van der Waals surface area contributed by atoms with Crippen molar-refractivity contribution in [3.63, 3.8) is 0 Å². The lowest BCUT2D eigenvalue weighted by Gasteiger charge is -2.29. The third kappa shape index (κ3) is 2.71. The molecule has 1 saturated carbocycles. The van der Waals surface area contributed by atoms with Gasteiger partial charge in [0.25, 0.3) is 0 Å². The minimum atomic E-state index is 0.477. The number of hydrogen-bond acceptors (Lipinski definition) is 2. The Labute approximate surface area is 87.2 Å². The summed E-state index contributed by atoms with van der Waals surface area (Å²) in [5, 5.41) is 0. The molecule has 14 heavy (non-hydrogen) atoms. The lowest BCUT2D eigenvalue weighted by molar-refractivity contribution is 0.0943. The van der Waals surface area contributed by atoms with Crippen molar-refractivity contribution < 1.29 is 4.74 Å². The fourth-order valence-corrected chi connectivity index (χ4v) is 2.87. The third-order valence-electron chi connectivity index (χ3n) is 3.85. The summed E-state index contributed by atoms with van der Waals surface area (Å²) in [4.78, 5) is 0. The first-order valence-electron chi connectivity index (χ1n) is 6.23. The monoisotopic (exact) mass is 197 g/mol. The molecule has 2 nitrogen and oxygen atoms in total. The van der Waals surface area contributed by atoms with Crippen LogP contribution in [0, 0.1) is 5.92 Å². The molecule has 3 atom stereocenters. The Hall–Kier alpha value is -0.0800. The second-order valence-electron chi connectivity index (χ2n) is 4.92. The molecule has 0 amide bonds. The first kappa shape index (κ1) is 10.4. The van der Waals surface area contributed by atoms with Crippen molar-refractivity contribution in [3.8, 4) is 0 Å². The highest BCUT2D eigenvalue weighted by Crippen LogP contribution is 2.29. The lowest BCUT2D eigenvalue weighted by Crippen LogP contribution is -2.33. The van der Waals surface area contributed by atoms with Crippen molar-refractivity contribution in [3.05, 3.63) is 0 Å². The van der Waals surface area contributed by atoms with Gasteiger partial charge in [0.1, 0.15) is 0 Å². The molecular formula is C12H23NO. The van der Waals surface area contributed by atoms with Gasteiger partial charge in [0, 0.05) is 12.6 Å². The predicted molar refractivity (Wildman–Crippen MR) is 58.1 cm³/mol. The fourth-order valence-electron chi connectivity index (χ4n) is 2.87. The third-order valence-corrected chi connectivity index (χ3v) is 3.85. The minimum absolute atomic E-state index is 0.477. The fraction of sp³-hybridized carbons (Fsp3) is 1.00. The van der Waals surface area contributed by atoms with Gasteiger partial charge in [-0.3, -0.25) is 0 Å². The van der Waals surface area contributed by atoms with Crippen LogP contribution in [0.5, 0.6) is 0 Å². The van der Waals surface area contributed by atoms with Crippen LogP contribution in [0.1, 0.15) is 51.4 Å². The summed E-state index contributed by atoms with van der Waals surface area (Å²) in [6, 6.07) is 0.477. The Morgan fingerprint density at radius 3 is 2.57 bits per heavy atom. The predicted octanol–water partition coefficient (Wildman–Crippen LogP) is 2.46. The Kier molecular flexibility index (Phi) is 3.82. The molecule has 1 aliphatic heterocycles. The molecule has 0 radical (unpaired) electrons. The van der Waals surface area contributed by atoms with Crippen LogP contribution in [-0.2, 0) is 4.74 Å². The topological polar surface area (TPSA) is 35.2 Å². The van der Waals surface area contributed by atoms with Gasteiger partial charge in [0.05, 0.1) is 6.10 Å². The summed E-state index contributed by atoms with van der Waals surface area (Å²) in [7, 11) is 0. The highest BCUT2D eigenvalue weighted by Gasteiger charge is 2.23. The normalized spacial score (nSPS) is 38.8. The number of hydrogen-bond donors (Lipinski definition) is 1. The zero-order chi connectivity index (χ0) is 9.80. The van der Waals surface area contributed by atoms with Crippen LogP contribution in [0.25, 0.3) is 0 Å². The molecule has 82 valence electrons. The van der Waals surface area contributed by atoms with E-state index in [0.717, 1.165) is 12.5 Å². The van der Waals surface area contributed by atoms with Crippen molar-refractivity contribution in [2.75, 3.05) is 6.61 Å². The molecule has 0 bridgehead atoms. The van der Waals surface area contributed by atoms with Gasteiger partial charge in [-0.05, 0) is 44.4 Å². The summed E-state index contributed by atoms with van der Waals surface area (Å²) in [6.07, 6.45) is 11.0. The maximum absolute atomic E-state index is 6.12. The second-order valence-corrected chi connectivity index (χ2v) is 4.92. The number of ether oxygens (including phenoxy) is 1. The van der Waals surface area contributed by atoms with E-state index in [1.165, 1.54) is 51.4 Å². The molecule has 2 fully saturated rings. The van der Waals surface area contributed by atoms with E-state index in [1.807, 2.05) is 0 Å². The van der Waals surface area contributed by atoms with Gasteiger partial charge in [-0.1, -0.05) is 12.8 Å². The zero-order valence-electron chi connectivity index (χ0n) is 9.08. The van der Waals surface area contributed by atoms with Crippen LogP contribution in [0.15, 0.2) is 0 Å². The summed E-state index contributed by atoms with van der Waals surface area (Å²) >= 11 is 0. The SMILES string of the molecule is NC1CCCCC1CCC1CCCO1. The van der Waals surface area contributed by atoms with Crippen LogP contribution >= 0.6 is 0 Å². The second kappa shape index (κ2) is 5.13. The highest BCUT2D eigenvalue weighted by atomic mass is 16.5. The van der Waals surface area contributed by atoms with Crippen LogP contribution in [0.4, 0.5) is 0 Å². The van der Waals surface area contributed by atoms with Crippen LogP contribution in [0.3, 0.4) is 0 Å². The largest absolute Gasteiger partial charge is 0.378 e. The van der Waals surface area contributed by atoms with Gasteiger partial charge >= 0.3 is 0 Å². The first-order valence-corrected chi connectivity index (χ1v) is 6.23. The van der Waals surface area contributed by atoms with E-state index in [0.29, 0.717) is 12.1 Å². The molecule has 2 heteroatoms. The van der Waals surface area contributed by atoms with Gasteiger partial charge in [0.15, 0.2) is 0 Å². The van der Waals surface area contributed by atoms with Gasteiger partial charge in [-0.25, -0.2) is 0 Å². The molecular weight excluding hydrogens is 174 g/mol. The van der Waals surface area contributed by atoms with E-state index in [4.69, 9.17) is 10.5 Å². The Bertz CT molecular complexity index is 166. The Balaban J connectivity index is 1.67. The molecule has 3 unspecified atom stereocenters. The summed E-state index contributed by atoms with van der Waals surface area (Å²) in [5.74, 6) is 0.785. The standard InChI is InChI=1S/C12H23NO/c13-12-6-2-1-4-10(12)7-8-11-5-3-9-14-11/h10-12H,1-9,13H2. The quantitative estimate of drug-likeness (QED) is 0.754. The van der Waals surface area contributed by atoms with E-state index in [2.05, 4.69) is 0 Å². The Morgan fingerprint density at radius 1 is 1.00 bits per heavy atom. The first-order chi connectivity index (χ1) is 6.86. The van der Waals surface area contributed by atoms with E-state index in [9.17, 15) is 0 Å². The minimum Gasteiger partial charge on any atom is -0.378 e.